The summed E-state index contributed by atoms with van der Waals surface area (Å²) in [5.74, 6) is -0.465. The van der Waals surface area contributed by atoms with Gasteiger partial charge in [-0.2, -0.15) is 0 Å². The molecule has 3 aromatic rings. The summed E-state index contributed by atoms with van der Waals surface area (Å²) >= 11 is 12.6. The van der Waals surface area contributed by atoms with E-state index in [9.17, 15) is 9.90 Å². The predicted octanol–water partition coefficient (Wildman–Crippen LogP) is 5.55. The van der Waals surface area contributed by atoms with Gasteiger partial charge in [-0.15, -0.1) is 0 Å². The molecule has 1 aromatic heterocycles. The molecule has 160 valence electrons. The van der Waals surface area contributed by atoms with Gasteiger partial charge in [0.15, 0.2) is 6.23 Å². The van der Waals surface area contributed by atoms with Crippen LogP contribution in [0.1, 0.15) is 46.0 Å². The van der Waals surface area contributed by atoms with Crippen molar-refractivity contribution in [2.24, 2.45) is 0 Å². The van der Waals surface area contributed by atoms with Crippen molar-refractivity contribution < 1.29 is 14.6 Å². The van der Waals surface area contributed by atoms with E-state index in [1.165, 1.54) is 0 Å². The van der Waals surface area contributed by atoms with Gasteiger partial charge in [0.2, 0.25) is 0 Å². The maximum Gasteiger partial charge on any atom is 0.340 e. The minimum atomic E-state index is -0.894. The fraction of sp³-hybridized carbons (Fsp3) is 0.250. The van der Waals surface area contributed by atoms with E-state index in [1.54, 1.807) is 32.0 Å². The molecular weight excluding hydrogens is 435 g/mol. The molecule has 31 heavy (non-hydrogen) atoms. The Hall–Kier alpha value is -2.44. The van der Waals surface area contributed by atoms with Crippen LogP contribution in [-0.2, 0) is 17.8 Å². The first-order valence-corrected chi connectivity index (χ1v) is 10.8. The molecule has 2 heterocycles. The number of ether oxygens (including phenoxy) is 1. The summed E-state index contributed by atoms with van der Waals surface area (Å²) in [5, 5.41) is 12.0. The SMILES string of the molecule is CCOC(=O)c1c(C)nc2c(c1-c1ccc(Cl)cc1Cl)CN(Cc1ccccc1)C2O. The van der Waals surface area contributed by atoms with Crippen molar-refractivity contribution in [3.05, 3.63) is 86.7 Å². The first kappa shape index (κ1) is 21.8. The number of aryl methyl sites for hydroxylation is 1. The lowest BCUT2D eigenvalue weighted by molar-refractivity contribution is 0.00511. The molecule has 1 N–H and O–H groups in total. The van der Waals surface area contributed by atoms with E-state index in [1.807, 2.05) is 35.2 Å². The van der Waals surface area contributed by atoms with E-state index in [0.717, 1.165) is 11.1 Å². The van der Waals surface area contributed by atoms with Crippen LogP contribution in [0.4, 0.5) is 0 Å². The molecule has 0 saturated heterocycles. The number of benzene rings is 2. The summed E-state index contributed by atoms with van der Waals surface area (Å²) in [7, 11) is 0. The van der Waals surface area contributed by atoms with Crippen LogP contribution in [0.15, 0.2) is 48.5 Å². The average Bonchev–Trinajstić information content (AvgIpc) is 3.03. The summed E-state index contributed by atoms with van der Waals surface area (Å²) in [6.45, 7) is 4.70. The smallest absolute Gasteiger partial charge is 0.340 e. The lowest BCUT2D eigenvalue weighted by Gasteiger charge is -2.19. The normalized spacial score (nSPS) is 15.7. The lowest BCUT2D eigenvalue weighted by Crippen LogP contribution is -2.21. The molecule has 1 atom stereocenters. The van der Waals surface area contributed by atoms with Crippen molar-refractivity contribution in [2.45, 2.75) is 33.2 Å². The van der Waals surface area contributed by atoms with Gasteiger partial charge in [-0.05, 0) is 31.5 Å². The van der Waals surface area contributed by atoms with Gasteiger partial charge in [-0.25, -0.2) is 4.79 Å². The summed E-state index contributed by atoms with van der Waals surface area (Å²) in [6.07, 6.45) is -0.894. The number of carbonyl (C=O) groups excluding carboxylic acids is 1. The predicted molar refractivity (Wildman–Crippen MR) is 121 cm³/mol. The molecule has 0 radical (unpaired) electrons. The van der Waals surface area contributed by atoms with Crippen molar-refractivity contribution in [3.8, 4) is 11.1 Å². The van der Waals surface area contributed by atoms with E-state index >= 15 is 0 Å². The summed E-state index contributed by atoms with van der Waals surface area (Å²) in [6, 6.07) is 15.1. The molecule has 5 nitrogen and oxygen atoms in total. The fourth-order valence-electron chi connectivity index (χ4n) is 4.00. The number of aliphatic hydroxyl groups is 1. The minimum absolute atomic E-state index is 0.242. The van der Waals surface area contributed by atoms with Gasteiger partial charge in [0.1, 0.15) is 0 Å². The fourth-order valence-corrected chi connectivity index (χ4v) is 4.51. The van der Waals surface area contributed by atoms with Gasteiger partial charge in [0.05, 0.1) is 23.6 Å². The highest BCUT2D eigenvalue weighted by molar-refractivity contribution is 6.36. The maximum atomic E-state index is 12.9. The molecule has 1 aliphatic heterocycles. The Balaban J connectivity index is 1.87. The van der Waals surface area contributed by atoms with Crippen LogP contribution < -0.4 is 0 Å². The number of aromatic nitrogens is 1. The van der Waals surface area contributed by atoms with Gasteiger partial charge < -0.3 is 9.84 Å². The molecule has 1 unspecified atom stereocenters. The number of hydrogen-bond donors (Lipinski definition) is 1. The van der Waals surface area contributed by atoms with Crippen LogP contribution in [0.2, 0.25) is 10.0 Å². The second-order valence-corrected chi connectivity index (χ2v) is 8.26. The van der Waals surface area contributed by atoms with E-state index in [0.29, 0.717) is 51.2 Å². The number of fused-ring (bicyclic) bond motifs is 1. The van der Waals surface area contributed by atoms with Crippen LogP contribution in [0.3, 0.4) is 0 Å². The van der Waals surface area contributed by atoms with Gasteiger partial charge >= 0.3 is 5.97 Å². The van der Waals surface area contributed by atoms with Crippen LogP contribution in [0.5, 0.6) is 0 Å². The van der Waals surface area contributed by atoms with E-state index < -0.39 is 12.2 Å². The van der Waals surface area contributed by atoms with Crippen LogP contribution >= 0.6 is 23.2 Å². The number of pyridine rings is 1. The van der Waals surface area contributed by atoms with E-state index in [-0.39, 0.29) is 6.61 Å². The highest BCUT2D eigenvalue weighted by Crippen LogP contribution is 2.43. The quantitative estimate of drug-likeness (QED) is 0.510. The standard InChI is InChI=1S/C24H22Cl2N2O3/c1-3-31-24(30)20-14(2)27-22-18(21(20)17-10-9-16(25)11-19(17)26)13-28(23(22)29)12-15-7-5-4-6-8-15/h4-11,23,29H,3,12-13H2,1-2H3. The molecule has 0 bridgehead atoms. The number of hydrogen-bond acceptors (Lipinski definition) is 5. The summed E-state index contributed by atoms with van der Waals surface area (Å²) in [5.41, 5.74) is 4.51. The van der Waals surface area contributed by atoms with Crippen LogP contribution in [-0.4, -0.2) is 27.6 Å². The largest absolute Gasteiger partial charge is 0.462 e. The zero-order valence-electron chi connectivity index (χ0n) is 17.2. The van der Waals surface area contributed by atoms with Crippen LogP contribution in [0.25, 0.3) is 11.1 Å². The molecule has 1 aliphatic rings. The minimum Gasteiger partial charge on any atom is -0.462 e. The first-order valence-electron chi connectivity index (χ1n) is 10.0. The Morgan fingerprint density at radius 2 is 1.97 bits per heavy atom. The Kier molecular flexibility index (Phi) is 6.30. The first-order chi connectivity index (χ1) is 14.9. The number of esters is 1. The van der Waals surface area contributed by atoms with Gasteiger partial charge in [-0.3, -0.25) is 9.88 Å². The second-order valence-electron chi connectivity index (χ2n) is 7.42. The Morgan fingerprint density at radius 1 is 1.23 bits per heavy atom. The Labute approximate surface area is 191 Å². The van der Waals surface area contributed by atoms with Crippen molar-refractivity contribution >= 4 is 29.2 Å². The Bertz CT molecular complexity index is 1140. The second kappa shape index (κ2) is 8.97. The highest BCUT2D eigenvalue weighted by Gasteiger charge is 2.36. The zero-order chi connectivity index (χ0) is 22.1. The van der Waals surface area contributed by atoms with Crippen LogP contribution in [0, 0.1) is 6.92 Å². The molecule has 0 saturated carbocycles. The van der Waals surface area contributed by atoms with Gasteiger partial charge in [0, 0.05) is 39.8 Å². The zero-order valence-corrected chi connectivity index (χ0v) is 18.7. The highest BCUT2D eigenvalue weighted by atomic mass is 35.5. The monoisotopic (exact) mass is 456 g/mol. The number of nitrogens with zero attached hydrogens (tertiary/aromatic N) is 2. The third-order valence-electron chi connectivity index (χ3n) is 5.37. The van der Waals surface area contributed by atoms with Gasteiger partial charge in [0.25, 0.3) is 0 Å². The molecule has 2 aromatic carbocycles. The van der Waals surface area contributed by atoms with Crippen molar-refractivity contribution in [1.82, 2.24) is 9.88 Å². The van der Waals surface area contributed by atoms with Crippen molar-refractivity contribution in [1.29, 1.82) is 0 Å². The Morgan fingerprint density at radius 3 is 2.65 bits per heavy atom. The molecule has 4 rings (SSSR count). The van der Waals surface area contributed by atoms with E-state index in [2.05, 4.69) is 4.98 Å². The molecule has 0 amide bonds. The van der Waals surface area contributed by atoms with E-state index in [4.69, 9.17) is 27.9 Å². The third-order valence-corrected chi connectivity index (χ3v) is 5.92. The lowest BCUT2D eigenvalue weighted by atomic mass is 9.93. The third kappa shape index (κ3) is 4.19. The van der Waals surface area contributed by atoms with Gasteiger partial charge in [-0.1, -0.05) is 59.6 Å². The average molecular weight is 457 g/mol. The molecule has 7 heteroatoms. The molecule has 0 aliphatic carbocycles. The van der Waals surface area contributed by atoms with Crippen molar-refractivity contribution in [2.75, 3.05) is 6.61 Å². The number of halogens is 2. The topological polar surface area (TPSA) is 62.7 Å². The number of aliphatic hydroxyl groups excluding tert-OH is 1. The number of rotatable bonds is 5. The molecule has 0 fully saturated rings. The molecular formula is C24H22Cl2N2O3. The summed E-state index contributed by atoms with van der Waals surface area (Å²) in [4.78, 5) is 19.4. The molecule has 0 spiro atoms. The summed E-state index contributed by atoms with van der Waals surface area (Å²) < 4.78 is 5.32. The maximum absolute atomic E-state index is 12.9. The van der Waals surface area contributed by atoms with Crippen molar-refractivity contribution in [3.63, 3.8) is 0 Å². The number of carbonyl (C=O) groups is 1.